The lowest BCUT2D eigenvalue weighted by atomic mass is 10.1. The normalized spacial score (nSPS) is 11.9. The van der Waals surface area contributed by atoms with Crippen molar-refractivity contribution in [2.45, 2.75) is 0 Å². The van der Waals surface area contributed by atoms with E-state index in [9.17, 15) is 5.26 Å². The van der Waals surface area contributed by atoms with Gasteiger partial charge >= 0.3 is 0 Å². The molecule has 0 unspecified atom stereocenters. The average molecular weight is 405 g/mol. The molecule has 0 aliphatic heterocycles. The molecule has 90 valence electrons. The van der Waals surface area contributed by atoms with Gasteiger partial charge in [0.1, 0.15) is 6.07 Å². The summed E-state index contributed by atoms with van der Waals surface area (Å²) < 4.78 is 1.87. The third kappa shape index (κ3) is 2.83. The van der Waals surface area contributed by atoms with Gasteiger partial charge in [-0.1, -0.05) is 11.6 Å². The first kappa shape index (κ1) is 13.8. The highest BCUT2D eigenvalue weighted by atomic mass is 79.9. The second-order valence-corrected chi connectivity index (χ2v) is 6.87. The van der Waals surface area contributed by atoms with Gasteiger partial charge in [-0.3, -0.25) is 4.98 Å². The van der Waals surface area contributed by atoms with E-state index in [-0.39, 0.29) is 0 Å². The molecular weight excluding hydrogens is 399 g/mol. The smallest absolute Gasteiger partial charge is 0.101 e. The van der Waals surface area contributed by atoms with E-state index in [2.05, 4.69) is 42.9 Å². The minimum Gasteiger partial charge on any atom is -0.265 e. The van der Waals surface area contributed by atoms with Gasteiger partial charge in [-0.05, 0) is 55.6 Å². The largest absolute Gasteiger partial charge is 0.265 e. The Kier molecular flexibility index (Phi) is 4.57. The lowest BCUT2D eigenvalue weighted by Gasteiger charge is -2.01. The van der Waals surface area contributed by atoms with Gasteiger partial charge in [0.15, 0.2) is 0 Å². The molecule has 2 nitrogen and oxygen atoms in total. The zero-order valence-corrected chi connectivity index (χ0v) is 13.6. The van der Waals surface area contributed by atoms with Crippen LogP contribution in [0.1, 0.15) is 10.4 Å². The highest BCUT2D eigenvalue weighted by Crippen LogP contribution is 2.39. The van der Waals surface area contributed by atoms with Gasteiger partial charge < -0.3 is 0 Å². The molecule has 0 N–H and O–H groups in total. The summed E-state index contributed by atoms with van der Waals surface area (Å²) in [7, 11) is 0. The number of nitriles is 1. The first-order valence-electron chi connectivity index (χ1n) is 4.79. The predicted molar refractivity (Wildman–Crippen MR) is 82.2 cm³/mol. The molecule has 2 aromatic heterocycles. The van der Waals surface area contributed by atoms with Crippen molar-refractivity contribution >= 4 is 65.4 Å². The fourth-order valence-electron chi connectivity index (χ4n) is 1.34. The molecule has 0 aliphatic carbocycles. The highest BCUT2D eigenvalue weighted by molar-refractivity contribution is 9.13. The molecule has 0 aromatic carbocycles. The molecule has 0 radical (unpaired) electrons. The Bertz CT molecular complexity index is 624. The van der Waals surface area contributed by atoms with E-state index in [1.807, 2.05) is 6.07 Å². The number of thiophene rings is 1. The summed E-state index contributed by atoms with van der Waals surface area (Å²) in [5.41, 5.74) is 1.21. The van der Waals surface area contributed by atoms with Crippen LogP contribution in [0.15, 0.2) is 38.9 Å². The molecule has 2 heterocycles. The van der Waals surface area contributed by atoms with Gasteiger partial charge in [0.05, 0.1) is 14.4 Å². The van der Waals surface area contributed by atoms with Crippen LogP contribution < -0.4 is 0 Å². The zero-order chi connectivity index (χ0) is 13.1. The van der Waals surface area contributed by atoms with Crippen molar-refractivity contribution in [1.82, 2.24) is 4.98 Å². The molecule has 0 bridgehead atoms. The fraction of sp³-hybridized carbons (Fsp3) is 0. The molecule has 0 aliphatic rings. The number of aromatic nitrogens is 1. The third-order valence-corrected chi connectivity index (χ3v) is 5.94. The van der Waals surface area contributed by atoms with Crippen molar-refractivity contribution in [1.29, 1.82) is 5.26 Å². The van der Waals surface area contributed by atoms with Crippen LogP contribution in [0.4, 0.5) is 0 Å². The number of allylic oxidation sites excluding steroid dienone is 1. The second-order valence-electron chi connectivity index (χ2n) is 3.27. The number of hydrogen-bond donors (Lipinski definition) is 0. The molecule has 0 atom stereocenters. The van der Waals surface area contributed by atoms with Gasteiger partial charge in [-0.15, -0.1) is 11.3 Å². The Labute approximate surface area is 130 Å². The molecule has 0 saturated carbocycles. The lowest BCUT2D eigenvalue weighted by molar-refractivity contribution is 1.32. The van der Waals surface area contributed by atoms with Crippen molar-refractivity contribution in [3.63, 3.8) is 0 Å². The van der Waals surface area contributed by atoms with Crippen molar-refractivity contribution in [2.75, 3.05) is 0 Å². The van der Waals surface area contributed by atoms with Gasteiger partial charge in [0.2, 0.25) is 0 Å². The first-order chi connectivity index (χ1) is 8.63. The molecular formula is C12H5Br2ClN2S. The Morgan fingerprint density at radius 1 is 1.33 bits per heavy atom. The summed E-state index contributed by atoms with van der Waals surface area (Å²) in [4.78, 5) is 4.76. The van der Waals surface area contributed by atoms with Crippen LogP contribution in [0.25, 0.3) is 10.6 Å². The average Bonchev–Trinajstić information content (AvgIpc) is 2.72. The van der Waals surface area contributed by atoms with Crippen LogP contribution in [-0.2, 0) is 0 Å². The van der Waals surface area contributed by atoms with Crippen LogP contribution in [0.2, 0.25) is 0 Å². The minimum absolute atomic E-state index is 0.445. The van der Waals surface area contributed by atoms with E-state index in [0.29, 0.717) is 10.6 Å². The van der Waals surface area contributed by atoms with E-state index >= 15 is 0 Å². The van der Waals surface area contributed by atoms with Crippen molar-refractivity contribution in [2.24, 2.45) is 0 Å². The van der Waals surface area contributed by atoms with Crippen LogP contribution in [-0.4, -0.2) is 4.98 Å². The molecule has 0 spiro atoms. The summed E-state index contributed by atoms with van der Waals surface area (Å²) in [5, 5.41) is 9.70. The van der Waals surface area contributed by atoms with Crippen molar-refractivity contribution in [3.05, 3.63) is 49.3 Å². The van der Waals surface area contributed by atoms with E-state index in [1.165, 1.54) is 11.3 Å². The second kappa shape index (κ2) is 5.98. The van der Waals surface area contributed by atoms with E-state index in [0.717, 1.165) is 18.7 Å². The maximum atomic E-state index is 9.26. The van der Waals surface area contributed by atoms with Crippen LogP contribution >= 0.6 is 54.8 Å². The summed E-state index contributed by atoms with van der Waals surface area (Å²) in [6.45, 7) is 0. The van der Waals surface area contributed by atoms with E-state index in [4.69, 9.17) is 11.6 Å². The first-order valence-corrected chi connectivity index (χ1v) is 7.57. The maximum absolute atomic E-state index is 9.26. The SMILES string of the molecule is N#C/C(=C(/Cl)c1cc(Br)c(Br)s1)c1ccncc1. The molecule has 0 amide bonds. The Hall–Kier alpha value is -0.670. The summed E-state index contributed by atoms with van der Waals surface area (Å²) in [6.07, 6.45) is 3.27. The van der Waals surface area contributed by atoms with Crippen molar-refractivity contribution < 1.29 is 0 Å². The Morgan fingerprint density at radius 2 is 2.00 bits per heavy atom. The molecule has 2 aromatic rings. The van der Waals surface area contributed by atoms with Gasteiger partial charge in [0.25, 0.3) is 0 Å². The molecule has 6 heteroatoms. The predicted octanol–water partition coefficient (Wildman–Crippen LogP) is 5.30. The van der Waals surface area contributed by atoms with Crippen molar-refractivity contribution in [3.8, 4) is 6.07 Å². The number of nitrogens with zero attached hydrogens (tertiary/aromatic N) is 2. The number of rotatable bonds is 2. The monoisotopic (exact) mass is 402 g/mol. The quantitative estimate of drug-likeness (QED) is 0.637. The maximum Gasteiger partial charge on any atom is 0.101 e. The highest BCUT2D eigenvalue weighted by Gasteiger charge is 2.13. The Balaban J connectivity index is 2.55. The van der Waals surface area contributed by atoms with Crippen LogP contribution in [0, 0.1) is 11.3 Å². The van der Waals surface area contributed by atoms with E-state index < -0.39 is 0 Å². The zero-order valence-electron chi connectivity index (χ0n) is 8.82. The fourth-order valence-corrected chi connectivity index (χ4v) is 3.64. The summed E-state index contributed by atoms with van der Waals surface area (Å²) >= 11 is 14.6. The molecule has 0 fully saturated rings. The molecule has 2 rings (SSSR count). The Morgan fingerprint density at radius 3 is 2.50 bits per heavy atom. The van der Waals surface area contributed by atoms with Crippen LogP contribution in [0.5, 0.6) is 0 Å². The third-order valence-electron chi connectivity index (χ3n) is 2.16. The van der Waals surface area contributed by atoms with Crippen LogP contribution in [0.3, 0.4) is 0 Å². The topological polar surface area (TPSA) is 36.7 Å². The van der Waals surface area contributed by atoms with E-state index in [1.54, 1.807) is 24.5 Å². The molecule has 0 saturated heterocycles. The molecule has 18 heavy (non-hydrogen) atoms. The number of hydrogen-bond acceptors (Lipinski definition) is 3. The summed E-state index contributed by atoms with van der Waals surface area (Å²) in [5.74, 6) is 0. The minimum atomic E-state index is 0.445. The van der Waals surface area contributed by atoms with Gasteiger partial charge in [-0.2, -0.15) is 5.26 Å². The lowest BCUT2D eigenvalue weighted by Crippen LogP contribution is -1.84. The van der Waals surface area contributed by atoms with Gasteiger partial charge in [0, 0.05) is 21.7 Å². The number of halogens is 3. The van der Waals surface area contributed by atoms with Gasteiger partial charge in [-0.25, -0.2) is 0 Å². The standard InChI is InChI=1S/C12H5Br2ClN2S/c13-9-5-10(18-12(9)14)11(15)8(6-16)7-1-3-17-4-2-7/h1-5H/b11-8-. The summed E-state index contributed by atoms with van der Waals surface area (Å²) in [6, 6.07) is 7.55. The number of pyridine rings is 1.